The van der Waals surface area contributed by atoms with E-state index in [0.29, 0.717) is 0 Å². The molecule has 1 unspecified atom stereocenters. The van der Waals surface area contributed by atoms with Crippen LogP contribution in [0.2, 0.25) is 0 Å². The molecule has 0 aliphatic rings. The molecule has 100 valence electrons. The molecule has 0 saturated heterocycles. The van der Waals surface area contributed by atoms with Crippen molar-refractivity contribution in [3.8, 4) is 0 Å². The molecule has 0 heterocycles. The van der Waals surface area contributed by atoms with Crippen molar-refractivity contribution >= 4 is 5.97 Å². The van der Waals surface area contributed by atoms with E-state index in [1.165, 1.54) is 5.56 Å². The van der Waals surface area contributed by atoms with E-state index >= 15 is 0 Å². The minimum Gasteiger partial charge on any atom is -0.460 e. The van der Waals surface area contributed by atoms with Crippen LogP contribution in [-0.4, -0.2) is 11.6 Å². The first-order chi connectivity index (χ1) is 8.33. The van der Waals surface area contributed by atoms with Crippen LogP contribution in [0.1, 0.15) is 58.1 Å². The molecule has 0 radical (unpaired) electrons. The molecule has 2 nitrogen and oxygen atoms in total. The Morgan fingerprint density at radius 1 is 1.22 bits per heavy atom. The van der Waals surface area contributed by atoms with Crippen molar-refractivity contribution in [2.45, 2.75) is 59.0 Å². The van der Waals surface area contributed by atoms with Gasteiger partial charge >= 0.3 is 5.97 Å². The van der Waals surface area contributed by atoms with Crippen LogP contribution in [0, 0.1) is 0 Å². The van der Waals surface area contributed by atoms with Gasteiger partial charge in [0.05, 0.1) is 5.92 Å². The van der Waals surface area contributed by atoms with Crippen LogP contribution >= 0.6 is 0 Å². The maximum absolute atomic E-state index is 11.9. The van der Waals surface area contributed by atoms with E-state index < -0.39 is 5.60 Å². The van der Waals surface area contributed by atoms with E-state index in [-0.39, 0.29) is 11.9 Å². The van der Waals surface area contributed by atoms with Crippen LogP contribution in [0.3, 0.4) is 0 Å². The fraction of sp³-hybridized carbons (Fsp3) is 0.562. The van der Waals surface area contributed by atoms with E-state index in [1.54, 1.807) is 0 Å². The fourth-order valence-corrected chi connectivity index (χ4v) is 1.79. The number of rotatable bonds is 4. The molecule has 0 saturated carbocycles. The Balaban J connectivity index is 2.71. The molecule has 1 aromatic carbocycles. The lowest BCUT2D eigenvalue weighted by Gasteiger charge is -2.22. The lowest BCUT2D eigenvalue weighted by molar-refractivity contribution is -0.156. The van der Waals surface area contributed by atoms with Crippen molar-refractivity contribution in [2.24, 2.45) is 0 Å². The van der Waals surface area contributed by atoms with Gasteiger partial charge in [0, 0.05) is 0 Å². The Labute approximate surface area is 110 Å². The summed E-state index contributed by atoms with van der Waals surface area (Å²) in [5.41, 5.74) is 1.91. The van der Waals surface area contributed by atoms with Crippen molar-refractivity contribution in [2.75, 3.05) is 0 Å². The van der Waals surface area contributed by atoms with Gasteiger partial charge in [-0.2, -0.15) is 0 Å². The quantitative estimate of drug-likeness (QED) is 0.750. The zero-order chi connectivity index (χ0) is 13.8. The van der Waals surface area contributed by atoms with Gasteiger partial charge in [0.1, 0.15) is 5.60 Å². The molecule has 0 spiro atoms. The third-order valence-electron chi connectivity index (χ3n) is 2.78. The lowest BCUT2D eigenvalue weighted by atomic mass is 9.98. The molecule has 0 bridgehead atoms. The maximum Gasteiger partial charge on any atom is 0.313 e. The zero-order valence-electron chi connectivity index (χ0n) is 12.1. The monoisotopic (exact) mass is 248 g/mol. The van der Waals surface area contributed by atoms with Crippen molar-refractivity contribution in [3.05, 3.63) is 35.4 Å². The molecule has 0 aromatic heterocycles. The first kappa shape index (κ1) is 14.7. The molecule has 1 atom stereocenters. The van der Waals surface area contributed by atoms with Gasteiger partial charge in [-0.05, 0) is 45.2 Å². The summed E-state index contributed by atoms with van der Waals surface area (Å²) in [4.78, 5) is 11.9. The summed E-state index contributed by atoms with van der Waals surface area (Å²) in [6.07, 6.45) is 2.22. The molecule has 0 fully saturated rings. The predicted octanol–water partition coefficient (Wildman–Crippen LogP) is 4.08. The van der Waals surface area contributed by atoms with Gasteiger partial charge in [-0.15, -0.1) is 0 Å². The number of aryl methyl sites for hydroxylation is 1. The highest BCUT2D eigenvalue weighted by molar-refractivity contribution is 5.78. The summed E-state index contributed by atoms with van der Waals surface area (Å²) < 4.78 is 5.39. The van der Waals surface area contributed by atoms with Crippen molar-refractivity contribution in [3.63, 3.8) is 0 Å². The number of ether oxygens (including phenoxy) is 1. The highest BCUT2D eigenvalue weighted by Gasteiger charge is 2.22. The Kier molecular flexibility index (Phi) is 4.94. The summed E-state index contributed by atoms with van der Waals surface area (Å²) in [5, 5.41) is 0. The molecule has 1 aromatic rings. The van der Waals surface area contributed by atoms with Crippen LogP contribution < -0.4 is 0 Å². The lowest BCUT2D eigenvalue weighted by Crippen LogP contribution is -2.26. The standard InChI is InChI=1S/C16H24O2/c1-6-7-13-8-10-14(11-9-13)12(2)15(17)18-16(3,4)5/h8-12H,6-7H2,1-5H3. The van der Waals surface area contributed by atoms with Gasteiger partial charge < -0.3 is 4.74 Å². The number of carbonyl (C=O) groups is 1. The van der Waals surface area contributed by atoms with Gasteiger partial charge in [0.15, 0.2) is 0 Å². The van der Waals surface area contributed by atoms with E-state index in [0.717, 1.165) is 18.4 Å². The normalized spacial score (nSPS) is 13.2. The van der Waals surface area contributed by atoms with Crippen molar-refractivity contribution < 1.29 is 9.53 Å². The largest absolute Gasteiger partial charge is 0.460 e. The first-order valence-corrected chi connectivity index (χ1v) is 6.65. The third kappa shape index (κ3) is 4.52. The summed E-state index contributed by atoms with van der Waals surface area (Å²) in [6.45, 7) is 9.73. The zero-order valence-corrected chi connectivity index (χ0v) is 12.1. The van der Waals surface area contributed by atoms with Crippen molar-refractivity contribution in [1.29, 1.82) is 0 Å². The highest BCUT2D eigenvalue weighted by Crippen LogP contribution is 2.21. The van der Waals surface area contributed by atoms with E-state index in [2.05, 4.69) is 19.1 Å². The molecule has 18 heavy (non-hydrogen) atoms. The third-order valence-corrected chi connectivity index (χ3v) is 2.78. The van der Waals surface area contributed by atoms with Crippen LogP contribution in [-0.2, 0) is 16.0 Å². The molecule has 0 N–H and O–H groups in total. The summed E-state index contributed by atoms with van der Waals surface area (Å²) in [7, 11) is 0. The van der Waals surface area contributed by atoms with Crippen LogP contribution in [0.4, 0.5) is 0 Å². The number of carbonyl (C=O) groups excluding carboxylic acids is 1. The average molecular weight is 248 g/mol. The van der Waals surface area contributed by atoms with Crippen LogP contribution in [0.15, 0.2) is 24.3 Å². The Hall–Kier alpha value is -1.31. The molecule has 1 rings (SSSR count). The van der Waals surface area contributed by atoms with Gasteiger partial charge in [-0.25, -0.2) is 0 Å². The topological polar surface area (TPSA) is 26.3 Å². The van der Waals surface area contributed by atoms with Gasteiger partial charge in [-0.3, -0.25) is 4.79 Å². The molecule has 0 amide bonds. The smallest absolute Gasteiger partial charge is 0.313 e. The number of esters is 1. The minimum absolute atomic E-state index is 0.161. The Bertz CT molecular complexity index is 385. The second-order valence-electron chi connectivity index (χ2n) is 5.75. The minimum atomic E-state index is -0.423. The predicted molar refractivity (Wildman–Crippen MR) is 74.7 cm³/mol. The molecular formula is C16H24O2. The Morgan fingerprint density at radius 3 is 2.22 bits per heavy atom. The summed E-state index contributed by atoms with van der Waals surface area (Å²) >= 11 is 0. The maximum atomic E-state index is 11.9. The van der Waals surface area contributed by atoms with Gasteiger partial charge in [0.25, 0.3) is 0 Å². The van der Waals surface area contributed by atoms with E-state index in [1.807, 2.05) is 39.8 Å². The fourth-order valence-electron chi connectivity index (χ4n) is 1.79. The highest BCUT2D eigenvalue weighted by atomic mass is 16.6. The SMILES string of the molecule is CCCc1ccc(C(C)C(=O)OC(C)(C)C)cc1. The summed E-state index contributed by atoms with van der Waals surface area (Å²) in [6, 6.07) is 8.25. The van der Waals surface area contributed by atoms with Crippen LogP contribution in [0.25, 0.3) is 0 Å². The molecular weight excluding hydrogens is 224 g/mol. The van der Waals surface area contributed by atoms with Crippen molar-refractivity contribution in [1.82, 2.24) is 0 Å². The number of hydrogen-bond acceptors (Lipinski definition) is 2. The number of hydrogen-bond donors (Lipinski definition) is 0. The molecule has 0 aliphatic heterocycles. The first-order valence-electron chi connectivity index (χ1n) is 6.65. The van der Waals surface area contributed by atoms with E-state index in [4.69, 9.17) is 4.74 Å². The molecule has 0 aliphatic carbocycles. The summed E-state index contributed by atoms with van der Waals surface area (Å²) in [5.74, 6) is -0.370. The second-order valence-corrected chi connectivity index (χ2v) is 5.75. The van der Waals surface area contributed by atoms with Gasteiger partial charge in [0.2, 0.25) is 0 Å². The van der Waals surface area contributed by atoms with Gasteiger partial charge in [-0.1, -0.05) is 37.6 Å². The van der Waals surface area contributed by atoms with Crippen LogP contribution in [0.5, 0.6) is 0 Å². The Morgan fingerprint density at radius 2 is 1.78 bits per heavy atom. The van der Waals surface area contributed by atoms with E-state index in [9.17, 15) is 4.79 Å². The molecule has 2 heteroatoms. The number of benzene rings is 1. The average Bonchev–Trinajstić information content (AvgIpc) is 2.27. The second kappa shape index (κ2) is 6.03.